The van der Waals surface area contributed by atoms with Crippen LogP contribution in [0.3, 0.4) is 0 Å². The van der Waals surface area contributed by atoms with E-state index < -0.39 is 17.5 Å². The molecule has 8 aromatic carbocycles. The van der Waals surface area contributed by atoms with Crippen LogP contribution in [0.1, 0.15) is 31.8 Å². The maximum absolute atomic E-state index is 9.75. The van der Waals surface area contributed by atoms with E-state index in [0.29, 0.717) is 39.2 Å². The Morgan fingerprint density at radius 1 is 0.380 bits per heavy atom. The number of benzene rings is 8. The normalized spacial score (nSPS) is 14.5. The third-order valence-corrected chi connectivity index (χ3v) is 9.65. The molecule has 0 saturated carbocycles. The van der Waals surface area contributed by atoms with Gasteiger partial charge in [0.05, 0.1) is 20.7 Å². The fourth-order valence-electron chi connectivity index (χ4n) is 7.39. The minimum atomic E-state index is -1.43. The zero-order chi connectivity index (χ0) is 39.4. The van der Waals surface area contributed by atoms with Gasteiger partial charge in [-0.2, -0.15) is 0 Å². The Hall–Kier alpha value is -6.44. The number of hydrogen-bond donors (Lipinski definition) is 0. The van der Waals surface area contributed by atoms with Crippen molar-refractivity contribution in [3.63, 3.8) is 0 Å². The van der Waals surface area contributed by atoms with Crippen LogP contribution in [-0.2, 0) is 5.41 Å². The molecule has 0 aliphatic heterocycles. The van der Waals surface area contributed by atoms with Gasteiger partial charge in [-0.1, -0.05) is 182 Å². The van der Waals surface area contributed by atoms with Gasteiger partial charge in [-0.25, -0.2) is 0 Å². The van der Waals surface area contributed by atoms with Crippen molar-refractivity contribution in [2.75, 3.05) is 4.90 Å². The summed E-state index contributed by atoms with van der Waals surface area (Å²) in [5, 5.41) is 0. The molecule has 0 atom stereocenters. The van der Waals surface area contributed by atoms with Crippen molar-refractivity contribution in [2.24, 2.45) is 0 Å². The maximum Gasteiger partial charge on any atom is 0.0714 e. The van der Waals surface area contributed by atoms with Crippen LogP contribution < -0.4 is 4.90 Å². The molecule has 1 nitrogen and oxygen atoms in total. The molecule has 0 aromatic heterocycles. The number of rotatable bonds is 7. The summed E-state index contributed by atoms with van der Waals surface area (Å²) in [4.78, 5) is 1.90. The molecule has 0 fully saturated rings. The van der Waals surface area contributed by atoms with Crippen LogP contribution in [-0.4, -0.2) is 0 Å². The van der Waals surface area contributed by atoms with Gasteiger partial charge in [0, 0.05) is 16.9 Å². The summed E-state index contributed by atoms with van der Waals surface area (Å²) in [7, 11) is 0. The van der Waals surface area contributed by atoms with Crippen LogP contribution in [0.25, 0.3) is 33.4 Å². The fourth-order valence-corrected chi connectivity index (χ4v) is 7.39. The van der Waals surface area contributed by atoms with Gasteiger partial charge in [0.15, 0.2) is 0 Å². The average Bonchev–Trinajstić information content (AvgIpc) is 3.60. The molecule has 0 amide bonds. The Labute approximate surface area is 304 Å². The quantitative estimate of drug-likeness (QED) is 0.167. The molecule has 0 radical (unpaired) electrons. The lowest BCUT2D eigenvalue weighted by molar-refractivity contribution is 0.768. The first kappa shape index (κ1) is 23.0. The Balaban J connectivity index is 1.42. The monoisotopic (exact) mass is 644 g/mol. The second-order valence-electron chi connectivity index (χ2n) is 12.4. The van der Waals surface area contributed by atoms with E-state index >= 15 is 0 Å². The van der Waals surface area contributed by atoms with Crippen molar-refractivity contribution in [1.29, 1.82) is 0 Å². The lowest BCUT2D eigenvalue weighted by atomic mass is 9.68. The Kier molecular flexibility index (Phi) is 5.77. The molecule has 0 unspecified atom stereocenters. The zero-order valence-corrected chi connectivity index (χ0v) is 27.1. The molecule has 0 bridgehead atoms. The van der Waals surface area contributed by atoms with Gasteiger partial charge in [0.1, 0.15) is 0 Å². The van der Waals surface area contributed by atoms with Crippen LogP contribution in [0.4, 0.5) is 17.1 Å². The lowest BCUT2D eigenvalue weighted by Crippen LogP contribution is -2.28. The van der Waals surface area contributed by atoms with E-state index in [2.05, 4.69) is 0 Å². The highest BCUT2D eigenvalue weighted by Crippen LogP contribution is 2.59. The maximum atomic E-state index is 9.75. The van der Waals surface area contributed by atoms with Crippen molar-refractivity contribution in [1.82, 2.24) is 0 Å². The predicted octanol–water partition coefficient (Wildman–Crippen LogP) is 12.9. The SMILES string of the molecule is [2H]c1c([2H])c([2H])c2c(c1[2H])-c1c(N(c3ccc(-c4ccccc4)cc3)c3ccc(-c4ccccc4)cc3)c([2H])c([2H])c([2H])c1C2(c1ccccc1)c1ccccc1. The third-order valence-electron chi connectivity index (χ3n) is 9.65. The molecule has 1 aliphatic rings. The van der Waals surface area contributed by atoms with Gasteiger partial charge in [0.2, 0.25) is 0 Å². The minimum Gasteiger partial charge on any atom is -0.310 e. The summed E-state index contributed by atoms with van der Waals surface area (Å²) in [5.41, 5.74) is 6.77. The van der Waals surface area contributed by atoms with Gasteiger partial charge in [-0.3, -0.25) is 0 Å². The molecular formula is C49H35N. The van der Waals surface area contributed by atoms with E-state index in [1.807, 2.05) is 175 Å². The van der Waals surface area contributed by atoms with Crippen molar-refractivity contribution < 1.29 is 9.60 Å². The Morgan fingerprint density at radius 2 is 0.800 bits per heavy atom. The summed E-state index contributed by atoms with van der Waals surface area (Å²) in [6, 6.07) is 52.9. The first-order valence-electron chi connectivity index (χ1n) is 20.2. The van der Waals surface area contributed by atoms with Gasteiger partial charge in [-0.15, -0.1) is 0 Å². The minimum absolute atomic E-state index is 0.210. The molecule has 8 aromatic rings. The lowest BCUT2D eigenvalue weighted by Gasteiger charge is -2.34. The van der Waals surface area contributed by atoms with Gasteiger partial charge < -0.3 is 4.90 Å². The largest absolute Gasteiger partial charge is 0.310 e. The van der Waals surface area contributed by atoms with Crippen molar-refractivity contribution in [3.05, 3.63) is 234 Å². The van der Waals surface area contributed by atoms with Gasteiger partial charge in [-0.05, 0) is 80.4 Å². The van der Waals surface area contributed by atoms with Crippen LogP contribution in [0.5, 0.6) is 0 Å². The fraction of sp³-hybridized carbons (Fsp3) is 0.0204. The molecule has 50 heavy (non-hydrogen) atoms. The van der Waals surface area contributed by atoms with Crippen molar-refractivity contribution in [2.45, 2.75) is 5.41 Å². The molecule has 9 rings (SSSR count). The zero-order valence-electron chi connectivity index (χ0n) is 34.1. The summed E-state index contributed by atoms with van der Waals surface area (Å²) >= 11 is 0. The smallest absolute Gasteiger partial charge is 0.0714 e. The number of nitrogens with zero attached hydrogens (tertiary/aromatic N) is 1. The number of hydrogen-bond acceptors (Lipinski definition) is 1. The topological polar surface area (TPSA) is 3.24 Å². The highest BCUT2D eigenvalue weighted by Gasteiger charge is 2.47. The molecular weight excluding hydrogens is 603 g/mol. The van der Waals surface area contributed by atoms with E-state index in [1.54, 1.807) is 0 Å². The molecule has 1 heteroatoms. The van der Waals surface area contributed by atoms with Crippen molar-refractivity contribution in [3.8, 4) is 33.4 Å². The van der Waals surface area contributed by atoms with E-state index in [4.69, 9.17) is 2.74 Å². The van der Waals surface area contributed by atoms with E-state index in [9.17, 15) is 6.85 Å². The predicted molar refractivity (Wildman–Crippen MR) is 209 cm³/mol. The molecule has 0 saturated heterocycles. The third kappa shape index (κ3) is 4.86. The molecule has 0 heterocycles. The van der Waals surface area contributed by atoms with E-state index in [1.165, 1.54) is 0 Å². The van der Waals surface area contributed by atoms with Crippen LogP contribution in [0.15, 0.2) is 212 Å². The van der Waals surface area contributed by atoms with Crippen molar-refractivity contribution >= 4 is 17.1 Å². The second kappa shape index (κ2) is 12.5. The van der Waals surface area contributed by atoms with E-state index in [0.717, 1.165) is 22.3 Å². The first-order chi connectivity index (χ1) is 27.7. The summed E-state index contributed by atoms with van der Waals surface area (Å²) in [5.74, 6) is 0. The van der Waals surface area contributed by atoms with Crippen LogP contribution >= 0.6 is 0 Å². The van der Waals surface area contributed by atoms with Crippen LogP contribution in [0, 0.1) is 0 Å². The standard InChI is InChI=1S/C49H35N/c1-5-16-36(17-6-1)38-28-32-42(33-29-38)50(43-34-30-39(31-35-43)37-18-7-2-8-19-37)47-27-15-26-46-48(47)44-24-13-14-25-45(44)49(46,40-20-9-3-10-21-40)41-22-11-4-12-23-41/h1-35H/i13D,14D,15D,24D,25D,26D,27D. The molecule has 1 aliphatic carbocycles. The summed E-state index contributed by atoms with van der Waals surface area (Å²) in [6.45, 7) is 0. The number of anilines is 3. The number of fused-ring (bicyclic) bond motifs is 3. The molecule has 0 spiro atoms. The highest BCUT2D eigenvalue weighted by molar-refractivity contribution is 5.97. The van der Waals surface area contributed by atoms with E-state index in [-0.39, 0.29) is 41.5 Å². The average molecular weight is 645 g/mol. The van der Waals surface area contributed by atoms with Gasteiger partial charge in [0.25, 0.3) is 0 Å². The summed E-state index contributed by atoms with van der Waals surface area (Å²) in [6.07, 6.45) is 0. The molecule has 0 N–H and O–H groups in total. The second-order valence-corrected chi connectivity index (χ2v) is 12.4. The highest BCUT2D eigenvalue weighted by atomic mass is 15.1. The molecule has 236 valence electrons. The summed E-state index contributed by atoms with van der Waals surface area (Å²) < 4.78 is 66.0. The van der Waals surface area contributed by atoms with Crippen LogP contribution in [0.2, 0.25) is 0 Å². The van der Waals surface area contributed by atoms with Gasteiger partial charge >= 0.3 is 0 Å². The Morgan fingerprint density at radius 3 is 1.30 bits per heavy atom. The Bertz CT molecular complexity index is 2650. The first-order valence-corrected chi connectivity index (χ1v) is 16.7.